The van der Waals surface area contributed by atoms with Crippen molar-refractivity contribution in [1.82, 2.24) is 30.0 Å². The summed E-state index contributed by atoms with van der Waals surface area (Å²) in [5.41, 5.74) is 3.46. The molecule has 1 amide bonds. The molecule has 0 aromatic carbocycles. The van der Waals surface area contributed by atoms with Gasteiger partial charge in [0.25, 0.3) is 0 Å². The van der Waals surface area contributed by atoms with Gasteiger partial charge in [-0.3, -0.25) is 14.4 Å². The van der Waals surface area contributed by atoms with Crippen LogP contribution in [0.3, 0.4) is 0 Å². The number of anilines is 1. The fraction of sp³-hybridized carbons (Fsp3) is 0.652. The molecule has 31 heavy (non-hydrogen) atoms. The molecule has 1 N–H and O–H groups in total. The van der Waals surface area contributed by atoms with Gasteiger partial charge in [0, 0.05) is 63.8 Å². The third kappa shape index (κ3) is 6.75. The minimum Gasteiger partial charge on any atom is -0.356 e. The van der Waals surface area contributed by atoms with Gasteiger partial charge in [-0.15, -0.1) is 0 Å². The highest BCUT2D eigenvalue weighted by Crippen LogP contribution is 2.16. The molecule has 0 saturated carbocycles. The molecule has 2 aromatic rings. The van der Waals surface area contributed by atoms with Crippen LogP contribution >= 0.6 is 0 Å². The number of rotatable bonds is 10. The highest BCUT2D eigenvalue weighted by atomic mass is 16.1. The van der Waals surface area contributed by atoms with E-state index >= 15 is 0 Å². The summed E-state index contributed by atoms with van der Waals surface area (Å²) in [6.07, 6.45) is 5.82. The van der Waals surface area contributed by atoms with E-state index in [1.54, 1.807) is 12.4 Å². The largest absolute Gasteiger partial charge is 0.356 e. The number of nitrogens with zero attached hydrogens (tertiary/aromatic N) is 6. The molecular weight excluding hydrogens is 390 g/mol. The Morgan fingerprint density at radius 2 is 1.84 bits per heavy atom. The fourth-order valence-corrected chi connectivity index (χ4v) is 4.10. The van der Waals surface area contributed by atoms with Crippen LogP contribution in [-0.2, 0) is 17.8 Å². The highest BCUT2D eigenvalue weighted by Gasteiger charge is 2.18. The molecule has 0 unspecified atom stereocenters. The van der Waals surface area contributed by atoms with E-state index in [0.29, 0.717) is 12.3 Å². The number of piperazine rings is 1. The van der Waals surface area contributed by atoms with Crippen LogP contribution in [0.25, 0.3) is 0 Å². The highest BCUT2D eigenvalue weighted by molar-refractivity contribution is 5.76. The smallest absolute Gasteiger partial charge is 0.225 e. The monoisotopic (exact) mass is 427 g/mol. The molecule has 2 aromatic heterocycles. The normalized spacial score (nSPS) is 14.9. The number of amides is 1. The van der Waals surface area contributed by atoms with Crippen molar-refractivity contribution in [3.63, 3.8) is 0 Å². The molecule has 0 radical (unpaired) electrons. The Bertz CT molecular complexity index is 826. The van der Waals surface area contributed by atoms with Crippen molar-refractivity contribution in [2.45, 2.75) is 53.5 Å². The lowest BCUT2D eigenvalue weighted by molar-refractivity contribution is -0.121. The molecule has 1 aliphatic heterocycles. The summed E-state index contributed by atoms with van der Waals surface area (Å²) in [5, 5.41) is 7.73. The average Bonchev–Trinajstić information content (AvgIpc) is 3.02. The minimum absolute atomic E-state index is 0.126. The van der Waals surface area contributed by atoms with Gasteiger partial charge >= 0.3 is 0 Å². The molecule has 1 aliphatic rings. The van der Waals surface area contributed by atoms with E-state index in [0.717, 1.165) is 70.3 Å². The van der Waals surface area contributed by atoms with Gasteiger partial charge in [-0.25, -0.2) is 9.97 Å². The lowest BCUT2D eigenvalue weighted by atomic mass is 10.1. The third-order valence-corrected chi connectivity index (χ3v) is 5.85. The molecule has 0 atom stereocenters. The van der Waals surface area contributed by atoms with Crippen LogP contribution < -0.4 is 10.2 Å². The van der Waals surface area contributed by atoms with Gasteiger partial charge in [0.2, 0.25) is 11.9 Å². The van der Waals surface area contributed by atoms with Crippen LogP contribution in [0, 0.1) is 19.8 Å². The van der Waals surface area contributed by atoms with Gasteiger partial charge in [-0.05, 0) is 50.8 Å². The van der Waals surface area contributed by atoms with Crippen molar-refractivity contribution in [2.24, 2.45) is 5.92 Å². The number of carbonyl (C=O) groups excluding carboxylic acids is 1. The molecule has 8 heteroatoms. The molecule has 0 bridgehead atoms. The Labute approximate surface area is 186 Å². The summed E-state index contributed by atoms with van der Waals surface area (Å²) in [6.45, 7) is 15.1. The predicted molar refractivity (Wildman–Crippen MR) is 123 cm³/mol. The summed E-state index contributed by atoms with van der Waals surface area (Å²) >= 11 is 0. The molecule has 0 spiro atoms. The Morgan fingerprint density at radius 1 is 1.13 bits per heavy atom. The van der Waals surface area contributed by atoms with Gasteiger partial charge in [0.15, 0.2) is 0 Å². The Morgan fingerprint density at radius 3 is 2.52 bits per heavy atom. The number of nitrogens with one attached hydrogen (secondary N) is 1. The first-order valence-electron chi connectivity index (χ1n) is 11.5. The molecule has 0 aliphatic carbocycles. The standard InChI is InChI=1S/C23H37N7O/c1-18(2)17-30-20(4)21(19(3)27-30)7-8-22(31)24-11-6-12-28-13-15-29(16-14-28)23-25-9-5-10-26-23/h5,9-10,18H,6-8,11-17H2,1-4H3,(H,24,31). The maximum Gasteiger partial charge on any atom is 0.225 e. The molecular formula is C23H37N7O. The summed E-state index contributed by atoms with van der Waals surface area (Å²) < 4.78 is 2.08. The van der Waals surface area contributed by atoms with Crippen molar-refractivity contribution >= 4 is 11.9 Å². The molecule has 3 heterocycles. The maximum absolute atomic E-state index is 12.3. The molecule has 3 rings (SSSR count). The Hall–Kier alpha value is -2.48. The molecule has 1 saturated heterocycles. The summed E-state index contributed by atoms with van der Waals surface area (Å²) in [5.74, 6) is 1.50. The number of hydrogen-bond acceptors (Lipinski definition) is 6. The van der Waals surface area contributed by atoms with Crippen LogP contribution in [-0.4, -0.2) is 69.8 Å². The molecule has 170 valence electrons. The van der Waals surface area contributed by atoms with Crippen LogP contribution in [0.4, 0.5) is 5.95 Å². The van der Waals surface area contributed by atoms with E-state index in [-0.39, 0.29) is 5.91 Å². The van der Waals surface area contributed by atoms with Crippen LogP contribution in [0.1, 0.15) is 43.6 Å². The van der Waals surface area contributed by atoms with Crippen molar-refractivity contribution in [2.75, 3.05) is 44.2 Å². The van der Waals surface area contributed by atoms with Crippen LogP contribution in [0.2, 0.25) is 0 Å². The number of hydrogen-bond donors (Lipinski definition) is 1. The second-order valence-corrected chi connectivity index (χ2v) is 8.81. The number of carbonyl (C=O) groups is 1. The number of aryl methyl sites for hydroxylation is 1. The van der Waals surface area contributed by atoms with Gasteiger partial charge in [-0.1, -0.05) is 13.8 Å². The summed E-state index contributed by atoms with van der Waals surface area (Å²) in [4.78, 5) is 25.6. The van der Waals surface area contributed by atoms with Crippen molar-refractivity contribution in [3.05, 3.63) is 35.4 Å². The zero-order valence-electron chi connectivity index (χ0n) is 19.5. The second kappa shape index (κ2) is 11.2. The first-order chi connectivity index (χ1) is 14.9. The van der Waals surface area contributed by atoms with E-state index in [4.69, 9.17) is 0 Å². The minimum atomic E-state index is 0.126. The SMILES string of the molecule is Cc1nn(CC(C)C)c(C)c1CCC(=O)NCCCN1CCN(c2ncccn2)CC1. The lowest BCUT2D eigenvalue weighted by Crippen LogP contribution is -2.47. The number of aromatic nitrogens is 4. The zero-order valence-corrected chi connectivity index (χ0v) is 19.5. The van der Waals surface area contributed by atoms with Crippen LogP contribution in [0.5, 0.6) is 0 Å². The van der Waals surface area contributed by atoms with Gasteiger partial charge in [0.05, 0.1) is 5.69 Å². The van der Waals surface area contributed by atoms with Gasteiger partial charge in [-0.2, -0.15) is 5.10 Å². The zero-order chi connectivity index (χ0) is 22.2. The predicted octanol–water partition coefficient (Wildman–Crippen LogP) is 2.21. The fourth-order valence-electron chi connectivity index (χ4n) is 4.10. The van der Waals surface area contributed by atoms with E-state index < -0.39 is 0 Å². The van der Waals surface area contributed by atoms with Gasteiger partial charge < -0.3 is 10.2 Å². The molecule has 1 fully saturated rings. The van der Waals surface area contributed by atoms with E-state index in [9.17, 15) is 4.79 Å². The van der Waals surface area contributed by atoms with Crippen LogP contribution in [0.15, 0.2) is 18.5 Å². The first kappa shape index (κ1) is 23.2. The topological polar surface area (TPSA) is 79.2 Å². The van der Waals surface area contributed by atoms with E-state index in [1.165, 1.54) is 11.3 Å². The van der Waals surface area contributed by atoms with E-state index in [1.807, 2.05) is 13.0 Å². The van der Waals surface area contributed by atoms with Crippen molar-refractivity contribution in [1.29, 1.82) is 0 Å². The Kier molecular flexibility index (Phi) is 8.40. The van der Waals surface area contributed by atoms with Crippen molar-refractivity contribution in [3.8, 4) is 0 Å². The first-order valence-corrected chi connectivity index (χ1v) is 11.5. The second-order valence-electron chi connectivity index (χ2n) is 8.81. The lowest BCUT2D eigenvalue weighted by Gasteiger charge is -2.34. The average molecular weight is 428 g/mol. The van der Waals surface area contributed by atoms with Gasteiger partial charge in [0.1, 0.15) is 0 Å². The Balaban J connectivity index is 1.31. The maximum atomic E-state index is 12.3. The summed E-state index contributed by atoms with van der Waals surface area (Å²) in [7, 11) is 0. The van der Waals surface area contributed by atoms with E-state index in [2.05, 4.69) is 55.6 Å². The third-order valence-electron chi connectivity index (χ3n) is 5.85. The molecule has 8 nitrogen and oxygen atoms in total. The van der Waals surface area contributed by atoms with Crippen molar-refractivity contribution < 1.29 is 4.79 Å². The summed E-state index contributed by atoms with van der Waals surface area (Å²) in [6, 6.07) is 1.84. The quantitative estimate of drug-likeness (QED) is 0.586.